The molecule has 0 heterocycles. The third-order valence-electron chi connectivity index (χ3n) is 1.57. The van der Waals surface area contributed by atoms with Crippen molar-refractivity contribution in [2.45, 2.75) is 45.8 Å². The molecule has 1 atom stereocenters. The van der Waals surface area contributed by atoms with Crippen molar-refractivity contribution in [2.24, 2.45) is 0 Å². The monoisotopic (exact) mass is 146 g/mol. The molecular weight excluding hydrogens is 128 g/mol. The van der Waals surface area contributed by atoms with E-state index < -0.39 is 5.60 Å². The van der Waals surface area contributed by atoms with E-state index in [1.807, 2.05) is 6.92 Å². The first-order valence-electron chi connectivity index (χ1n) is 3.82. The van der Waals surface area contributed by atoms with Crippen LogP contribution >= 0.6 is 0 Å². The highest BCUT2D eigenvalue weighted by atomic mass is 16.5. The largest absolute Gasteiger partial charge is 0.388 e. The second-order valence-electron chi connectivity index (χ2n) is 3.17. The summed E-state index contributed by atoms with van der Waals surface area (Å²) in [5, 5.41) is 9.39. The second kappa shape index (κ2) is 3.94. The Kier molecular flexibility index (Phi) is 3.91. The number of ether oxygens (including phenoxy) is 1. The van der Waals surface area contributed by atoms with E-state index in [-0.39, 0.29) is 6.10 Å². The molecule has 0 saturated carbocycles. The highest BCUT2D eigenvalue weighted by Gasteiger charge is 2.22. The molecule has 0 radical (unpaired) electrons. The number of hydrogen-bond donors (Lipinski definition) is 1. The molecule has 0 spiro atoms. The van der Waals surface area contributed by atoms with E-state index in [2.05, 4.69) is 6.92 Å². The lowest BCUT2D eigenvalue weighted by Crippen LogP contribution is -2.35. The third kappa shape index (κ3) is 3.85. The topological polar surface area (TPSA) is 29.5 Å². The summed E-state index contributed by atoms with van der Waals surface area (Å²) < 4.78 is 5.31. The zero-order valence-corrected chi connectivity index (χ0v) is 7.35. The van der Waals surface area contributed by atoms with Crippen LogP contribution in [0.2, 0.25) is 0 Å². The van der Waals surface area contributed by atoms with Crippen molar-refractivity contribution in [2.75, 3.05) is 6.61 Å². The third-order valence-corrected chi connectivity index (χ3v) is 1.57. The van der Waals surface area contributed by atoms with Crippen LogP contribution in [0.4, 0.5) is 0 Å². The van der Waals surface area contributed by atoms with Crippen LogP contribution in [0.1, 0.15) is 34.1 Å². The molecule has 0 saturated heterocycles. The fraction of sp³-hybridized carbons (Fsp3) is 1.00. The first-order valence-corrected chi connectivity index (χ1v) is 3.82. The number of rotatable bonds is 4. The zero-order chi connectivity index (χ0) is 8.20. The molecule has 0 bridgehead atoms. The average molecular weight is 146 g/mol. The van der Waals surface area contributed by atoms with Crippen molar-refractivity contribution >= 4 is 0 Å². The van der Waals surface area contributed by atoms with E-state index >= 15 is 0 Å². The van der Waals surface area contributed by atoms with Gasteiger partial charge in [0.25, 0.3) is 0 Å². The Morgan fingerprint density at radius 2 is 2.00 bits per heavy atom. The van der Waals surface area contributed by atoms with Crippen molar-refractivity contribution in [3.63, 3.8) is 0 Å². The summed E-state index contributed by atoms with van der Waals surface area (Å²) in [6.45, 7) is 8.18. The van der Waals surface area contributed by atoms with Crippen LogP contribution in [0.3, 0.4) is 0 Å². The van der Waals surface area contributed by atoms with Gasteiger partial charge in [-0.1, -0.05) is 6.92 Å². The highest BCUT2D eigenvalue weighted by molar-refractivity contribution is 4.73. The van der Waals surface area contributed by atoms with Crippen LogP contribution in [0.15, 0.2) is 0 Å². The summed E-state index contributed by atoms with van der Waals surface area (Å²) in [7, 11) is 0. The van der Waals surface area contributed by atoms with E-state index in [9.17, 15) is 5.11 Å². The molecule has 2 nitrogen and oxygen atoms in total. The fourth-order valence-corrected chi connectivity index (χ4v) is 0.499. The Balaban J connectivity index is 3.52. The van der Waals surface area contributed by atoms with Crippen LogP contribution in [-0.4, -0.2) is 23.4 Å². The molecule has 0 aromatic rings. The molecular formula is C8H18O2. The highest BCUT2D eigenvalue weighted by Crippen LogP contribution is 2.11. The summed E-state index contributed by atoms with van der Waals surface area (Å²) in [5.74, 6) is 0. The number of hydrogen-bond acceptors (Lipinski definition) is 2. The van der Waals surface area contributed by atoms with Gasteiger partial charge in [-0.15, -0.1) is 0 Å². The van der Waals surface area contributed by atoms with Crippen LogP contribution in [0, 0.1) is 0 Å². The molecule has 0 aromatic carbocycles. The van der Waals surface area contributed by atoms with Crippen molar-refractivity contribution in [1.82, 2.24) is 0 Å². The molecule has 0 aliphatic carbocycles. The maximum absolute atomic E-state index is 9.39. The van der Waals surface area contributed by atoms with Gasteiger partial charge in [-0.2, -0.15) is 0 Å². The van der Waals surface area contributed by atoms with Crippen molar-refractivity contribution in [1.29, 1.82) is 0 Å². The molecule has 0 amide bonds. The Bertz CT molecular complexity index is 83.7. The number of aliphatic hydroxyl groups is 1. The molecule has 0 aliphatic rings. The smallest absolute Gasteiger partial charge is 0.0849 e. The van der Waals surface area contributed by atoms with Gasteiger partial charge in [0.2, 0.25) is 0 Å². The van der Waals surface area contributed by atoms with Gasteiger partial charge in [-0.25, -0.2) is 0 Å². The van der Waals surface area contributed by atoms with Crippen LogP contribution in [0.5, 0.6) is 0 Å². The van der Waals surface area contributed by atoms with E-state index in [1.165, 1.54) is 0 Å². The van der Waals surface area contributed by atoms with E-state index in [0.717, 1.165) is 13.0 Å². The molecule has 1 N–H and O–H groups in total. The normalized spacial score (nSPS) is 15.3. The minimum absolute atomic E-state index is 0.0764. The fourth-order valence-electron chi connectivity index (χ4n) is 0.499. The summed E-state index contributed by atoms with van der Waals surface area (Å²) in [4.78, 5) is 0. The molecule has 10 heavy (non-hydrogen) atoms. The Morgan fingerprint density at radius 1 is 1.50 bits per heavy atom. The summed E-state index contributed by atoms with van der Waals surface area (Å²) in [6, 6.07) is 0. The van der Waals surface area contributed by atoms with Gasteiger partial charge in [0.15, 0.2) is 0 Å². The minimum Gasteiger partial charge on any atom is -0.388 e. The standard InChI is InChI=1S/C8H18O2/c1-5-6-10-7(2)8(3,4)9/h7,9H,5-6H2,1-4H3. The molecule has 0 aromatic heterocycles. The van der Waals surface area contributed by atoms with Crippen molar-refractivity contribution in [3.05, 3.63) is 0 Å². The van der Waals surface area contributed by atoms with Gasteiger partial charge in [-0.05, 0) is 27.2 Å². The molecule has 1 unspecified atom stereocenters. The first kappa shape index (κ1) is 9.92. The van der Waals surface area contributed by atoms with Gasteiger partial charge < -0.3 is 9.84 Å². The average Bonchev–Trinajstić information content (AvgIpc) is 1.80. The van der Waals surface area contributed by atoms with Crippen molar-refractivity contribution in [3.8, 4) is 0 Å². The van der Waals surface area contributed by atoms with E-state index in [4.69, 9.17) is 4.74 Å². The SMILES string of the molecule is CCCOC(C)C(C)(C)O. The van der Waals surface area contributed by atoms with Gasteiger partial charge in [0, 0.05) is 6.61 Å². The van der Waals surface area contributed by atoms with Crippen molar-refractivity contribution < 1.29 is 9.84 Å². The van der Waals surface area contributed by atoms with Crippen LogP contribution in [-0.2, 0) is 4.74 Å². The summed E-state index contributed by atoms with van der Waals surface area (Å²) in [5.41, 5.74) is -0.713. The Hall–Kier alpha value is -0.0800. The molecule has 0 fully saturated rings. The zero-order valence-electron chi connectivity index (χ0n) is 7.35. The minimum atomic E-state index is -0.713. The predicted octanol–water partition coefficient (Wildman–Crippen LogP) is 1.57. The maximum atomic E-state index is 9.39. The quantitative estimate of drug-likeness (QED) is 0.652. The molecule has 2 heteroatoms. The maximum Gasteiger partial charge on any atom is 0.0849 e. The molecule has 0 rings (SSSR count). The molecule has 62 valence electrons. The van der Waals surface area contributed by atoms with Crippen LogP contribution in [0.25, 0.3) is 0 Å². The van der Waals surface area contributed by atoms with Crippen LogP contribution < -0.4 is 0 Å². The lowest BCUT2D eigenvalue weighted by molar-refractivity contribution is -0.0782. The molecule has 0 aliphatic heterocycles. The Morgan fingerprint density at radius 3 is 2.30 bits per heavy atom. The predicted molar refractivity (Wildman–Crippen MR) is 42.0 cm³/mol. The Labute approximate surface area is 63.2 Å². The van der Waals surface area contributed by atoms with Gasteiger partial charge >= 0.3 is 0 Å². The summed E-state index contributed by atoms with van der Waals surface area (Å²) >= 11 is 0. The first-order chi connectivity index (χ1) is 4.48. The van der Waals surface area contributed by atoms with E-state index in [0.29, 0.717) is 0 Å². The van der Waals surface area contributed by atoms with E-state index in [1.54, 1.807) is 13.8 Å². The lowest BCUT2D eigenvalue weighted by atomic mass is 10.0. The van der Waals surface area contributed by atoms with Gasteiger partial charge in [0.1, 0.15) is 0 Å². The summed E-state index contributed by atoms with van der Waals surface area (Å²) in [6.07, 6.45) is 0.924. The van der Waals surface area contributed by atoms with Gasteiger partial charge in [-0.3, -0.25) is 0 Å². The second-order valence-corrected chi connectivity index (χ2v) is 3.17. The lowest BCUT2D eigenvalue weighted by Gasteiger charge is -2.25. The van der Waals surface area contributed by atoms with Gasteiger partial charge in [0.05, 0.1) is 11.7 Å².